The number of rotatable bonds is 3. The fraction of sp³-hybridized carbons (Fsp3) is 0.0833. The molecule has 0 amide bonds. The summed E-state index contributed by atoms with van der Waals surface area (Å²) in [5.74, 6) is -0.852. The van der Waals surface area contributed by atoms with Crippen molar-refractivity contribution in [3.8, 4) is 5.69 Å². The number of aromatic nitrogens is 2. The van der Waals surface area contributed by atoms with Crippen molar-refractivity contribution >= 4 is 27.6 Å². The van der Waals surface area contributed by atoms with Crippen LogP contribution in [0.3, 0.4) is 0 Å². The summed E-state index contributed by atoms with van der Waals surface area (Å²) in [5.41, 5.74) is -0.598. The lowest BCUT2D eigenvalue weighted by Crippen LogP contribution is -2.21. The van der Waals surface area contributed by atoms with E-state index in [1.54, 1.807) is 0 Å². The Balaban J connectivity index is 2.52. The van der Waals surface area contributed by atoms with Gasteiger partial charge in [0, 0.05) is 18.3 Å². The van der Waals surface area contributed by atoms with E-state index in [1.165, 1.54) is 29.1 Å². The Morgan fingerprint density at radius 3 is 2.71 bits per heavy atom. The van der Waals surface area contributed by atoms with Crippen LogP contribution in [0.25, 0.3) is 5.69 Å². The van der Waals surface area contributed by atoms with Crippen LogP contribution >= 0.6 is 15.9 Å². The monoisotopic (exact) mass is 353 g/mol. The minimum Gasteiger partial charge on any atom is -0.464 e. The molecule has 0 aliphatic carbocycles. The zero-order valence-corrected chi connectivity index (χ0v) is 12.2. The molecule has 1 heterocycles. The van der Waals surface area contributed by atoms with E-state index in [1.807, 2.05) is 0 Å². The van der Waals surface area contributed by atoms with Gasteiger partial charge in [-0.1, -0.05) is 0 Å². The molecule has 0 fully saturated rings. The summed E-state index contributed by atoms with van der Waals surface area (Å²) in [7, 11) is 1.14. The van der Waals surface area contributed by atoms with Crippen LogP contribution in [-0.2, 0) is 4.74 Å². The van der Waals surface area contributed by atoms with E-state index in [4.69, 9.17) is 0 Å². The molecule has 108 valence electrons. The number of ether oxygens (including phenoxy) is 1. The van der Waals surface area contributed by atoms with E-state index >= 15 is 0 Å². The van der Waals surface area contributed by atoms with Crippen LogP contribution in [0.15, 0.2) is 39.7 Å². The van der Waals surface area contributed by atoms with Crippen LogP contribution in [0, 0.1) is 10.1 Å². The van der Waals surface area contributed by atoms with Crippen molar-refractivity contribution in [3.63, 3.8) is 0 Å². The average molecular weight is 354 g/mol. The maximum Gasteiger partial charge on any atom is 0.362 e. The molecule has 0 atom stereocenters. The van der Waals surface area contributed by atoms with Crippen LogP contribution in [0.2, 0.25) is 0 Å². The van der Waals surface area contributed by atoms with Crippen LogP contribution in [0.4, 0.5) is 5.69 Å². The molecule has 0 unspecified atom stereocenters. The van der Waals surface area contributed by atoms with Gasteiger partial charge >= 0.3 is 5.97 Å². The fourth-order valence-electron chi connectivity index (χ4n) is 1.58. The first-order valence-electron chi connectivity index (χ1n) is 5.56. The first-order chi connectivity index (χ1) is 9.93. The number of esters is 1. The first kappa shape index (κ1) is 14.9. The zero-order valence-electron chi connectivity index (χ0n) is 10.6. The minimum atomic E-state index is -0.852. The van der Waals surface area contributed by atoms with Gasteiger partial charge in [0.05, 0.1) is 22.2 Å². The lowest BCUT2D eigenvalue weighted by Gasteiger charge is -2.07. The third kappa shape index (κ3) is 2.97. The Morgan fingerprint density at radius 2 is 2.14 bits per heavy atom. The molecule has 21 heavy (non-hydrogen) atoms. The molecule has 0 aliphatic rings. The molecule has 0 N–H and O–H groups in total. The molecule has 9 heteroatoms. The van der Waals surface area contributed by atoms with Gasteiger partial charge in [-0.15, -0.1) is 0 Å². The van der Waals surface area contributed by atoms with E-state index in [-0.39, 0.29) is 15.9 Å². The molecule has 0 saturated carbocycles. The largest absolute Gasteiger partial charge is 0.464 e. The van der Waals surface area contributed by atoms with E-state index in [2.05, 4.69) is 25.8 Å². The number of halogens is 1. The molecule has 8 nitrogen and oxygen atoms in total. The lowest BCUT2D eigenvalue weighted by atomic mass is 10.3. The van der Waals surface area contributed by atoms with Gasteiger partial charge < -0.3 is 4.74 Å². The molecule has 1 aromatic carbocycles. The molecule has 0 spiro atoms. The summed E-state index contributed by atoms with van der Waals surface area (Å²) in [4.78, 5) is 33.2. The molecule has 2 aromatic rings. The summed E-state index contributed by atoms with van der Waals surface area (Å²) < 4.78 is 5.98. The van der Waals surface area contributed by atoms with Crippen molar-refractivity contribution < 1.29 is 14.5 Å². The van der Waals surface area contributed by atoms with E-state index in [9.17, 15) is 19.7 Å². The second-order valence-corrected chi connectivity index (χ2v) is 4.71. The van der Waals surface area contributed by atoms with Gasteiger partial charge in [0.2, 0.25) is 11.1 Å². The number of methoxy groups -OCH3 is 1. The Morgan fingerprint density at radius 1 is 1.43 bits per heavy atom. The topological polar surface area (TPSA) is 104 Å². The van der Waals surface area contributed by atoms with Crippen molar-refractivity contribution in [3.05, 3.63) is 61.0 Å². The molecule has 0 radical (unpaired) electrons. The third-order valence-electron chi connectivity index (χ3n) is 2.58. The van der Waals surface area contributed by atoms with Crippen molar-refractivity contribution in [2.75, 3.05) is 7.11 Å². The first-order valence-corrected chi connectivity index (χ1v) is 6.36. The van der Waals surface area contributed by atoms with Gasteiger partial charge in [0.15, 0.2) is 0 Å². The molecule has 0 saturated heterocycles. The summed E-state index contributed by atoms with van der Waals surface area (Å²) >= 11 is 3.08. The van der Waals surface area contributed by atoms with Crippen molar-refractivity contribution in [1.82, 2.24) is 9.78 Å². The quantitative estimate of drug-likeness (QED) is 0.472. The van der Waals surface area contributed by atoms with Crippen molar-refractivity contribution in [2.24, 2.45) is 0 Å². The Hall–Kier alpha value is -2.55. The van der Waals surface area contributed by atoms with Gasteiger partial charge in [0.25, 0.3) is 5.69 Å². The van der Waals surface area contributed by atoms with Gasteiger partial charge in [-0.3, -0.25) is 14.9 Å². The van der Waals surface area contributed by atoms with Crippen molar-refractivity contribution in [1.29, 1.82) is 0 Å². The van der Waals surface area contributed by atoms with Gasteiger partial charge in [-0.2, -0.15) is 5.10 Å². The van der Waals surface area contributed by atoms with Crippen molar-refractivity contribution in [2.45, 2.75) is 0 Å². The number of hydrogen-bond acceptors (Lipinski definition) is 6. The zero-order chi connectivity index (χ0) is 15.6. The van der Waals surface area contributed by atoms with Gasteiger partial charge in [-0.05, 0) is 28.1 Å². The predicted octanol–water partition coefficient (Wildman–Crippen LogP) is 1.69. The minimum absolute atomic E-state index is 0.104. The second-order valence-electron chi connectivity index (χ2n) is 3.86. The Bertz CT molecular complexity index is 787. The molecule has 2 rings (SSSR count). The predicted molar refractivity (Wildman–Crippen MR) is 75.5 cm³/mol. The van der Waals surface area contributed by atoms with E-state index in [0.717, 1.165) is 13.2 Å². The standard InChI is InChI=1S/C12H8BrN3O5/c1-21-12(18)11-10(17)4-5-15(14-11)7-2-3-9(16(19)20)8(13)6-7/h2-6H,1H3. The lowest BCUT2D eigenvalue weighted by molar-refractivity contribution is -0.385. The number of hydrogen-bond donors (Lipinski definition) is 0. The van der Waals surface area contributed by atoms with E-state index in [0.29, 0.717) is 5.69 Å². The molecular weight excluding hydrogens is 346 g/mol. The highest BCUT2D eigenvalue weighted by Gasteiger charge is 2.15. The van der Waals surface area contributed by atoms with Gasteiger partial charge in [0.1, 0.15) is 0 Å². The normalized spacial score (nSPS) is 10.2. The Labute approximate surface area is 126 Å². The molecule has 0 bridgehead atoms. The molecule has 1 aromatic heterocycles. The second kappa shape index (κ2) is 5.83. The van der Waals surface area contributed by atoms with Crippen LogP contribution in [-0.4, -0.2) is 27.8 Å². The maximum atomic E-state index is 11.5. The summed E-state index contributed by atoms with van der Waals surface area (Å²) in [6, 6.07) is 5.35. The SMILES string of the molecule is COC(=O)c1nn(-c2ccc([N+](=O)[O-])c(Br)c2)ccc1=O. The Kier molecular flexibility index (Phi) is 4.13. The molecule has 0 aliphatic heterocycles. The van der Waals surface area contributed by atoms with Crippen LogP contribution in [0.5, 0.6) is 0 Å². The number of nitrogens with zero attached hydrogens (tertiary/aromatic N) is 3. The van der Waals surface area contributed by atoms with Crippen LogP contribution in [0.1, 0.15) is 10.5 Å². The summed E-state index contributed by atoms with van der Waals surface area (Å²) in [6.07, 6.45) is 1.35. The summed E-state index contributed by atoms with van der Waals surface area (Å²) in [6.45, 7) is 0. The van der Waals surface area contributed by atoms with E-state index < -0.39 is 16.3 Å². The average Bonchev–Trinajstić information content (AvgIpc) is 2.46. The number of benzene rings is 1. The highest BCUT2D eigenvalue weighted by atomic mass is 79.9. The third-order valence-corrected chi connectivity index (χ3v) is 3.21. The van der Waals surface area contributed by atoms with Crippen LogP contribution < -0.4 is 5.43 Å². The maximum absolute atomic E-state index is 11.5. The number of carbonyl (C=O) groups excluding carboxylic acids is 1. The highest BCUT2D eigenvalue weighted by Crippen LogP contribution is 2.26. The highest BCUT2D eigenvalue weighted by molar-refractivity contribution is 9.10. The number of nitro benzene ring substituents is 1. The molecular formula is C12H8BrN3O5. The number of nitro groups is 1. The smallest absolute Gasteiger partial charge is 0.362 e. The number of carbonyl (C=O) groups is 1. The van der Waals surface area contributed by atoms with Gasteiger partial charge in [-0.25, -0.2) is 9.48 Å². The summed E-state index contributed by atoms with van der Waals surface area (Å²) in [5, 5.41) is 14.6. The fourth-order valence-corrected chi connectivity index (χ4v) is 2.09.